The van der Waals surface area contributed by atoms with Crippen LogP contribution in [0.1, 0.15) is 32.8 Å². The zero-order valence-electron chi connectivity index (χ0n) is 16.3. The topological polar surface area (TPSA) is 77.2 Å². The van der Waals surface area contributed by atoms with E-state index in [1.807, 2.05) is 13.8 Å². The summed E-state index contributed by atoms with van der Waals surface area (Å²) in [6.45, 7) is 4.87. The number of nitrogens with zero attached hydrogens (tertiary/aromatic N) is 1. The highest BCUT2D eigenvalue weighted by atomic mass is 19.4. The van der Waals surface area contributed by atoms with Gasteiger partial charge in [-0.25, -0.2) is 9.37 Å². The maximum absolute atomic E-state index is 14.6. The Kier molecular flexibility index (Phi) is 7.18. The minimum absolute atomic E-state index is 0.0253. The van der Waals surface area contributed by atoms with Gasteiger partial charge in [0.1, 0.15) is 18.0 Å². The van der Waals surface area contributed by atoms with E-state index in [-0.39, 0.29) is 29.5 Å². The number of aromatic nitrogens is 1. The Balaban J connectivity index is 2.40. The largest absolute Gasteiger partial charge is 0.488 e. The molecule has 1 amide bonds. The van der Waals surface area contributed by atoms with Gasteiger partial charge in [0.15, 0.2) is 11.6 Å². The molecule has 0 bridgehead atoms. The fourth-order valence-corrected chi connectivity index (χ4v) is 2.84. The zero-order chi connectivity index (χ0) is 21.8. The fraction of sp³-hybridized carbons (Fsp3) is 0.400. The van der Waals surface area contributed by atoms with Crippen LogP contribution in [0, 0.1) is 11.7 Å². The molecule has 158 valence electrons. The van der Waals surface area contributed by atoms with Gasteiger partial charge in [-0.05, 0) is 47.7 Å². The molecule has 0 aliphatic carbocycles. The molecule has 5 nitrogen and oxygen atoms in total. The molecule has 29 heavy (non-hydrogen) atoms. The van der Waals surface area contributed by atoms with Crippen molar-refractivity contribution in [3.05, 3.63) is 41.8 Å². The number of rotatable bonds is 7. The lowest BCUT2D eigenvalue weighted by atomic mass is 10.0. The van der Waals surface area contributed by atoms with Crippen LogP contribution < -0.4 is 15.8 Å². The lowest BCUT2D eigenvalue weighted by Gasteiger charge is -2.19. The van der Waals surface area contributed by atoms with Gasteiger partial charge in [-0.2, -0.15) is 13.2 Å². The summed E-state index contributed by atoms with van der Waals surface area (Å²) < 4.78 is 60.4. The molecule has 0 fully saturated rings. The number of hydrogen-bond donors (Lipinski definition) is 2. The third kappa shape index (κ3) is 6.42. The monoisotopic (exact) mass is 413 g/mol. The second kappa shape index (κ2) is 9.21. The Morgan fingerprint density at radius 1 is 1.24 bits per heavy atom. The molecule has 0 saturated heterocycles. The van der Waals surface area contributed by atoms with Crippen molar-refractivity contribution in [2.45, 2.75) is 39.4 Å². The predicted molar refractivity (Wildman–Crippen MR) is 102 cm³/mol. The lowest BCUT2D eigenvalue weighted by Crippen LogP contribution is -2.30. The number of carbonyl (C=O) groups is 1. The third-order valence-electron chi connectivity index (χ3n) is 3.96. The van der Waals surface area contributed by atoms with E-state index in [1.165, 1.54) is 25.3 Å². The highest BCUT2D eigenvalue weighted by Gasteiger charge is 2.37. The van der Waals surface area contributed by atoms with E-state index >= 15 is 0 Å². The van der Waals surface area contributed by atoms with E-state index in [4.69, 9.17) is 10.5 Å². The number of alkyl halides is 3. The number of halogens is 4. The van der Waals surface area contributed by atoms with Crippen LogP contribution in [0.25, 0.3) is 11.1 Å². The van der Waals surface area contributed by atoms with Crippen LogP contribution >= 0.6 is 0 Å². The standard InChI is InChI=1S/C20H23F4N3O2/c1-11(2)6-15(25)10-29-19-16(20(22,23)24)7-14(8-17(19)21)13-4-5-26-18(9-13)27-12(3)28/h4-5,7-9,11,15H,6,10,25H2,1-3H3,(H,26,27,28). The average Bonchev–Trinajstić information content (AvgIpc) is 2.58. The smallest absolute Gasteiger partial charge is 0.420 e. The number of nitrogens with two attached hydrogens (primary N) is 1. The molecule has 1 unspecified atom stereocenters. The van der Waals surface area contributed by atoms with Gasteiger partial charge in [0.25, 0.3) is 0 Å². The molecule has 0 aliphatic heterocycles. The van der Waals surface area contributed by atoms with Crippen LogP contribution in [0.4, 0.5) is 23.4 Å². The van der Waals surface area contributed by atoms with E-state index in [9.17, 15) is 22.4 Å². The number of anilines is 1. The van der Waals surface area contributed by atoms with Gasteiger partial charge in [-0.15, -0.1) is 0 Å². The van der Waals surface area contributed by atoms with Crippen molar-refractivity contribution in [3.8, 4) is 16.9 Å². The summed E-state index contributed by atoms with van der Waals surface area (Å²) in [5, 5.41) is 2.43. The molecule has 1 atom stereocenters. The summed E-state index contributed by atoms with van der Waals surface area (Å²) in [4.78, 5) is 15.1. The first-order valence-corrected chi connectivity index (χ1v) is 9.00. The normalized spacial score (nSPS) is 12.7. The summed E-state index contributed by atoms with van der Waals surface area (Å²) >= 11 is 0. The van der Waals surface area contributed by atoms with Crippen LogP contribution in [-0.2, 0) is 11.0 Å². The molecule has 0 radical (unpaired) electrons. The average molecular weight is 413 g/mol. The Morgan fingerprint density at radius 2 is 1.93 bits per heavy atom. The van der Waals surface area contributed by atoms with Gasteiger partial charge in [-0.3, -0.25) is 4.79 Å². The van der Waals surface area contributed by atoms with E-state index < -0.39 is 35.3 Å². The second-order valence-corrected chi connectivity index (χ2v) is 7.14. The number of nitrogens with one attached hydrogen (secondary N) is 1. The summed E-state index contributed by atoms with van der Waals surface area (Å²) in [6.07, 6.45) is -2.99. The van der Waals surface area contributed by atoms with Crippen LogP contribution in [0.5, 0.6) is 5.75 Å². The molecule has 1 aromatic heterocycles. The van der Waals surface area contributed by atoms with E-state index in [0.717, 1.165) is 12.1 Å². The SMILES string of the molecule is CC(=O)Nc1cc(-c2cc(F)c(OCC(N)CC(C)C)c(C(F)(F)F)c2)ccn1. The highest BCUT2D eigenvalue weighted by molar-refractivity contribution is 5.88. The van der Waals surface area contributed by atoms with Crippen LogP contribution in [0.2, 0.25) is 0 Å². The van der Waals surface area contributed by atoms with Crippen molar-refractivity contribution in [2.75, 3.05) is 11.9 Å². The van der Waals surface area contributed by atoms with Gasteiger partial charge >= 0.3 is 6.18 Å². The van der Waals surface area contributed by atoms with E-state index in [0.29, 0.717) is 6.42 Å². The van der Waals surface area contributed by atoms with Crippen molar-refractivity contribution in [1.82, 2.24) is 4.98 Å². The lowest BCUT2D eigenvalue weighted by molar-refractivity contribution is -0.139. The van der Waals surface area contributed by atoms with Crippen LogP contribution in [0.15, 0.2) is 30.5 Å². The predicted octanol–water partition coefficient (Wildman–Crippen LogP) is 4.62. The maximum Gasteiger partial charge on any atom is 0.420 e. The summed E-state index contributed by atoms with van der Waals surface area (Å²) in [7, 11) is 0. The molecule has 0 saturated carbocycles. The quantitative estimate of drug-likeness (QED) is 0.650. The highest BCUT2D eigenvalue weighted by Crippen LogP contribution is 2.40. The first kappa shape index (κ1) is 22.6. The van der Waals surface area contributed by atoms with Gasteiger partial charge in [0.2, 0.25) is 5.91 Å². The van der Waals surface area contributed by atoms with Crippen molar-refractivity contribution in [1.29, 1.82) is 0 Å². The third-order valence-corrected chi connectivity index (χ3v) is 3.96. The fourth-order valence-electron chi connectivity index (χ4n) is 2.84. The van der Waals surface area contributed by atoms with Gasteiger partial charge < -0.3 is 15.8 Å². The first-order valence-electron chi connectivity index (χ1n) is 9.00. The number of hydrogen-bond acceptors (Lipinski definition) is 4. The Labute approximate surface area is 166 Å². The summed E-state index contributed by atoms with van der Waals surface area (Å²) in [6, 6.07) is 4.01. The first-order chi connectivity index (χ1) is 13.5. The van der Waals surface area contributed by atoms with Gasteiger partial charge in [0.05, 0.1) is 0 Å². The molecule has 0 aliphatic rings. The molecular formula is C20H23F4N3O2. The van der Waals surface area contributed by atoms with Crippen LogP contribution in [0.3, 0.4) is 0 Å². The van der Waals surface area contributed by atoms with Crippen LogP contribution in [-0.4, -0.2) is 23.5 Å². The number of amides is 1. The minimum atomic E-state index is -4.83. The minimum Gasteiger partial charge on any atom is -0.488 e. The molecule has 1 heterocycles. The second-order valence-electron chi connectivity index (χ2n) is 7.14. The van der Waals surface area contributed by atoms with Gasteiger partial charge in [0, 0.05) is 19.2 Å². The number of benzene rings is 1. The number of carbonyl (C=O) groups excluding carboxylic acids is 1. The van der Waals surface area contributed by atoms with Crippen molar-refractivity contribution in [2.24, 2.45) is 11.7 Å². The molecule has 1 aromatic carbocycles. The molecule has 9 heteroatoms. The van der Waals surface area contributed by atoms with Crippen molar-refractivity contribution in [3.63, 3.8) is 0 Å². The molecule has 2 aromatic rings. The summed E-state index contributed by atoms with van der Waals surface area (Å²) in [5.74, 6) is -2.05. The Bertz CT molecular complexity index is 869. The molecular weight excluding hydrogens is 390 g/mol. The zero-order valence-corrected chi connectivity index (χ0v) is 16.3. The van der Waals surface area contributed by atoms with E-state index in [1.54, 1.807) is 0 Å². The van der Waals surface area contributed by atoms with E-state index in [2.05, 4.69) is 10.3 Å². The molecule has 0 spiro atoms. The number of ether oxygens (including phenoxy) is 1. The molecule has 3 N–H and O–H groups in total. The maximum atomic E-state index is 14.6. The van der Waals surface area contributed by atoms with Crippen molar-refractivity contribution < 1.29 is 27.1 Å². The summed E-state index contributed by atoms with van der Waals surface area (Å²) in [5.41, 5.74) is 4.84. The molecule has 2 rings (SSSR count). The Hall–Kier alpha value is -2.68. The Morgan fingerprint density at radius 3 is 2.52 bits per heavy atom. The van der Waals surface area contributed by atoms with Gasteiger partial charge in [-0.1, -0.05) is 13.8 Å². The van der Waals surface area contributed by atoms with Crippen molar-refractivity contribution >= 4 is 11.7 Å². The number of pyridine rings is 1.